The third kappa shape index (κ3) is 2.32. The molecule has 6 nitrogen and oxygen atoms in total. The summed E-state index contributed by atoms with van der Waals surface area (Å²) in [5.74, 6) is -0.0631. The summed E-state index contributed by atoms with van der Waals surface area (Å²) in [6.45, 7) is -0.314. The Kier molecular flexibility index (Phi) is 3.16. The highest BCUT2D eigenvalue weighted by atomic mass is 16.5. The lowest BCUT2D eigenvalue weighted by Crippen LogP contribution is -2.40. The number of aliphatic hydroxyl groups excluding tert-OH is 2. The predicted octanol–water partition coefficient (Wildman–Crippen LogP) is -1.01. The number of benzene rings is 1. The Morgan fingerprint density at radius 1 is 1.29 bits per heavy atom. The van der Waals surface area contributed by atoms with Crippen molar-refractivity contribution < 1.29 is 24.9 Å². The molecular formula is C11H13NO5. The van der Waals surface area contributed by atoms with Crippen LogP contribution < -0.4 is 10.1 Å². The minimum atomic E-state index is -1.30. The number of carbonyl (C=O) groups is 1. The van der Waals surface area contributed by atoms with Crippen molar-refractivity contribution in [1.29, 1.82) is 0 Å². The van der Waals surface area contributed by atoms with Crippen LogP contribution in [0.2, 0.25) is 0 Å². The molecule has 1 fully saturated rings. The highest BCUT2D eigenvalue weighted by molar-refractivity contribution is 5.84. The molecule has 1 saturated heterocycles. The lowest BCUT2D eigenvalue weighted by atomic mass is 10.1. The van der Waals surface area contributed by atoms with Crippen LogP contribution >= 0.6 is 0 Å². The number of phenols is 1. The van der Waals surface area contributed by atoms with Crippen LogP contribution in [0, 0.1) is 0 Å². The van der Waals surface area contributed by atoms with Crippen LogP contribution in [-0.2, 0) is 4.79 Å². The third-order valence-corrected chi connectivity index (χ3v) is 2.61. The van der Waals surface area contributed by atoms with Gasteiger partial charge in [-0.3, -0.25) is 4.79 Å². The zero-order valence-electron chi connectivity index (χ0n) is 8.91. The number of carbonyl (C=O) groups excluding carboxylic acids is 1. The van der Waals surface area contributed by atoms with Crippen LogP contribution in [0.4, 0.5) is 0 Å². The van der Waals surface area contributed by atoms with Gasteiger partial charge in [0.15, 0.2) is 12.2 Å². The minimum Gasteiger partial charge on any atom is -0.508 e. The molecule has 0 unspecified atom stereocenters. The quantitative estimate of drug-likeness (QED) is 0.542. The van der Waals surface area contributed by atoms with Crippen LogP contribution in [0.1, 0.15) is 0 Å². The summed E-state index contributed by atoms with van der Waals surface area (Å²) in [7, 11) is 0. The Bertz CT molecular complexity index is 405. The molecule has 1 aromatic rings. The fourth-order valence-corrected chi connectivity index (χ4v) is 1.70. The highest BCUT2D eigenvalue weighted by Gasteiger charge is 2.42. The van der Waals surface area contributed by atoms with E-state index in [4.69, 9.17) is 14.9 Å². The van der Waals surface area contributed by atoms with Crippen LogP contribution in [0.15, 0.2) is 24.3 Å². The van der Waals surface area contributed by atoms with E-state index in [0.717, 1.165) is 0 Å². The van der Waals surface area contributed by atoms with Crippen molar-refractivity contribution in [3.63, 3.8) is 0 Å². The molecule has 0 saturated carbocycles. The fraction of sp³-hybridized carbons (Fsp3) is 0.364. The molecular weight excluding hydrogens is 226 g/mol. The molecule has 92 valence electrons. The second-order valence-corrected chi connectivity index (χ2v) is 3.82. The molecule has 0 radical (unpaired) electrons. The maximum atomic E-state index is 11.2. The monoisotopic (exact) mass is 239 g/mol. The number of hydrogen-bond donors (Lipinski definition) is 4. The van der Waals surface area contributed by atoms with Crippen molar-refractivity contribution in [3.8, 4) is 11.5 Å². The van der Waals surface area contributed by atoms with Crippen molar-refractivity contribution in [2.24, 2.45) is 0 Å². The van der Waals surface area contributed by atoms with Crippen LogP contribution in [0.3, 0.4) is 0 Å². The standard InChI is InChI=1S/C11H13NO5/c13-5-8-10(9(15)11(16)12-8)17-7-3-1-6(14)2-4-7/h1-4,8-10,13-15H,5H2,(H,12,16)/t8-,9+,10+/m1/s1. The Balaban J connectivity index is 2.11. The molecule has 0 aliphatic carbocycles. The van der Waals surface area contributed by atoms with Crippen molar-refractivity contribution in [3.05, 3.63) is 24.3 Å². The Morgan fingerprint density at radius 3 is 2.53 bits per heavy atom. The Labute approximate surface area is 97.5 Å². The summed E-state index contributed by atoms with van der Waals surface area (Å²) in [6, 6.07) is 5.25. The third-order valence-electron chi connectivity index (χ3n) is 2.61. The maximum Gasteiger partial charge on any atom is 0.253 e. The van der Waals surface area contributed by atoms with Crippen molar-refractivity contribution in [2.45, 2.75) is 18.2 Å². The summed E-state index contributed by atoms with van der Waals surface area (Å²) in [4.78, 5) is 11.2. The summed E-state index contributed by atoms with van der Waals surface area (Å²) in [5, 5.41) is 30.1. The first-order chi connectivity index (χ1) is 8.11. The van der Waals surface area contributed by atoms with Crippen LogP contribution in [-0.4, -0.2) is 46.1 Å². The van der Waals surface area contributed by atoms with Gasteiger partial charge in [0.05, 0.1) is 12.6 Å². The first kappa shape index (κ1) is 11.7. The second-order valence-electron chi connectivity index (χ2n) is 3.82. The molecule has 1 aliphatic rings. The Hall–Kier alpha value is -1.79. The molecule has 0 aromatic heterocycles. The van der Waals surface area contributed by atoms with Gasteiger partial charge in [0, 0.05) is 0 Å². The van der Waals surface area contributed by atoms with E-state index in [2.05, 4.69) is 5.32 Å². The van der Waals surface area contributed by atoms with E-state index < -0.39 is 24.2 Å². The van der Waals surface area contributed by atoms with Gasteiger partial charge in [-0.05, 0) is 24.3 Å². The molecule has 0 bridgehead atoms. The molecule has 1 amide bonds. The molecule has 1 heterocycles. The molecule has 17 heavy (non-hydrogen) atoms. The van der Waals surface area contributed by atoms with Crippen LogP contribution in [0.25, 0.3) is 0 Å². The molecule has 4 N–H and O–H groups in total. The Morgan fingerprint density at radius 2 is 1.94 bits per heavy atom. The summed E-state index contributed by atoms with van der Waals surface area (Å²) in [5.41, 5.74) is 0. The summed E-state index contributed by atoms with van der Waals surface area (Å²) < 4.78 is 5.41. The zero-order valence-corrected chi connectivity index (χ0v) is 8.91. The number of amides is 1. The number of phenolic OH excluding ortho intramolecular Hbond substituents is 1. The molecule has 3 atom stereocenters. The van der Waals surface area contributed by atoms with Gasteiger partial charge in [-0.1, -0.05) is 0 Å². The fourth-order valence-electron chi connectivity index (χ4n) is 1.70. The average Bonchev–Trinajstić information content (AvgIpc) is 2.59. The number of hydrogen-bond acceptors (Lipinski definition) is 5. The van der Waals surface area contributed by atoms with E-state index in [1.165, 1.54) is 24.3 Å². The van der Waals surface area contributed by atoms with Crippen molar-refractivity contribution in [2.75, 3.05) is 6.61 Å². The summed E-state index contributed by atoms with van der Waals surface area (Å²) >= 11 is 0. The predicted molar refractivity (Wildman–Crippen MR) is 57.5 cm³/mol. The number of ether oxygens (including phenoxy) is 1. The molecule has 2 rings (SSSR count). The average molecular weight is 239 g/mol. The first-order valence-corrected chi connectivity index (χ1v) is 5.17. The highest BCUT2D eigenvalue weighted by Crippen LogP contribution is 2.21. The van der Waals surface area contributed by atoms with Gasteiger partial charge in [-0.2, -0.15) is 0 Å². The molecule has 1 aliphatic heterocycles. The van der Waals surface area contributed by atoms with Gasteiger partial charge in [-0.15, -0.1) is 0 Å². The number of aromatic hydroxyl groups is 1. The van der Waals surface area contributed by atoms with E-state index in [0.29, 0.717) is 5.75 Å². The SMILES string of the molecule is O=C1N[C@H](CO)[C@H](Oc2ccc(O)cc2)[C@@H]1O. The van der Waals surface area contributed by atoms with Gasteiger partial charge in [0.1, 0.15) is 11.5 Å². The normalized spacial score (nSPS) is 27.9. The van der Waals surface area contributed by atoms with Gasteiger partial charge >= 0.3 is 0 Å². The van der Waals surface area contributed by atoms with E-state index in [1.54, 1.807) is 0 Å². The van der Waals surface area contributed by atoms with E-state index in [1.807, 2.05) is 0 Å². The van der Waals surface area contributed by atoms with Gasteiger partial charge in [-0.25, -0.2) is 0 Å². The lowest BCUT2D eigenvalue weighted by molar-refractivity contribution is -0.127. The van der Waals surface area contributed by atoms with Crippen molar-refractivity contribution >= 4 is 5.91 Å². The molecule has 0 spiro atoms. The number of rotatable bonds is 3. The number of aliphatic hydroxyl groups is 2. The number of nitrogens with one attached hydrogen (secondary N) is 1. The minimum absolute atomic E-state index is 0.0947. The maximum absolute atomic E-state index is 11.2. The molecule has 6 heteroatoms. The lowest BCUT2D eigenvalue weighted by Gasteiger charge is -2.20. The van der Waals surface area contributed by atoms with Gasteiger partial charge in [0.2, 0.25) is 0 Å². The van der Waals surface area contributed by atoms with Crippen molar-refractivity contribution in [1.82, 2.24) is 5.32 Å². The second kappa shape index (κ2) is 4.60. The van der Waals surface area contributed by atoms with Gasteiger partial charge < -0.3 is 25.4 Å². The van der Waals surface area contributed by atoms with E-state index in [-0.39, 0.29) is 12.4 Å². The zero-order chi connectivity index (χ0) is 12.4. The van der Waals surface area contributed by atoms with E-state index >= 15 is 0 Å². The molecule has 1 aromatic carbocycles. The van der Waals surface area contributed by atoms with Crippen LogP contribution in [0.5, 0.6) is 11.5 Å². The first-order valence-electron chi connectivity index (χ1n) is 5.17. The van der Waals surface area contributed by atoms with Gasteiger partial charge in [0.25, 0.3) is 5.91 Å². The largest absolute Gasteiger partial charge is 0.508 e. The van der Waals surface area contributed by atoms with E-state index in [9.17, 15) is 9.90 Å². The summed E-state index contributed by atoms with van der Waals surface area (Å²) in [6.07, 6.45) is -2.14. The smallest absolute Gasteiger partial charge is 0.253 e. The topological polar surface area (TPSA) is 99.0 Å².